The average Bonchev–Trinajstić information content (AvgIpc) is 2.68. The predicted molar refractivity (Wildman–Crippen MR) is 108 cm³/mol. The van der Waals surface area contributed by atoms with E-state index in [1.54, 1.807) is 30.3 Å². The van der Waals surface area contributed by atoms with Crippen molar-refractivity contribution in [1.29, 1.82) is 0 Å². The molecule has 1 aromatic rings. The lowest BCUT2D eigenvalue weighted by molar-refractivity contribution is -0.138. The summed E-state index contributed by atoms with van der Waals surface area (Å²) in [5.41, 5.74) is 6.04. The standard InChI is InChI=1S/C19H29N3O3S.ClH/c1-15(20)16-8-7-12-21(14-16)19(23)18-11-5-6-13-22(18)26(24,25)17-9-3-2-4-10-17;/h2-4,9-10,15-16,18H,5-8,11-14,20H2,1H3;1H. The minimum atomic E-state index is -3.66. The van der Waals surface area contributed by atoms with E-state index in [-0.39, 0.29) is 35.2 Å². The number of sulfonamides is 1. The minimum absolute atomic E-state index is 0. The van der Waals surface area contributed by atoms with Crippen molar-refractivity contribution in [2.75, 3.05) is 19.6 Å². The number of piperidine rings is 2. The van der Waals surface area contributed by atoms with Gasteiger partial charge >= 0.3 is 0 Å². The van der Waals surface area contributed by atoms with Gasteiger partial charge in [0.1, 0.15) is 6.04 Å². The third-order valence-corrected chi connectivity index (χ3v) is 7.52. The highest BCUT2D eigenvalue weighted by Crippen LogP contribution is 2.28. The Labute approximate surface area is 168 Å². The van der Waals surface area contributed by atoms with Gasteiger partial charge in [-0.2, -0.15) is 4.31 Å². The lowest BCUT2D eigenvalue weighted by Gasteiger charge is -2.40. The zero-order valence-corrected chi connectivity index (χ0v) is 17.4. The van der Waals surface area contributed by atoms with E-state index in [1.165, 1.54) is 4.31 Å². The molecule has 1 aromatic carbocycles. The highest BCUT2D eigenvalue weighted by Gasteiger charge is 2.40. The van der Waals surface area contributed by atoms with Crippen LogP contribution in [0.3, 0.4) is 0 Å². The van der Waals surface area contributed by atoms with E-state index in [9.17, 15) is 13.2 Å². The number of nitrogens with two attached hydrogens (primary N) is 1. The number of halogens is 1. The maximum Gasteiger partial charge on any atom is 0.243 e. The van der Waals surface area contributed by atoms with Gasteiger partial charge < -0.3 is 10.6 Å². The van der Waals surface area contributed by atoms with Crippen molar-refractivity contribution in [3.05, 3.63) is 30.3 Å². The second-order valence-corrected chi connectivity index (χ2v) is 9.38. The van der Waals surface area contributed by atoms with Gasteiger partial charge in [-0.05, 0) is 50.7 Å². The van der Waals surface area contributed by atoms with Crippen LogP contribution >= 0.6 is 12.4 Å². The molecule has 0 spiro atoms. The molecule has 3 rings (SSSR count). The summed E-state index contributed by atoms with van der Waals surface area (Å²) in [5, 5.41) is 0. The molecule has 8 heteroatoms. The molecular weight excluding hydrogens is 386 g/mol. The second-order valence-electron chi connectivity index (χ2n) is 7.49. The Morgan fingerprint density at radius 1 is 1.11 bits per heavy atom. The highest BCUT2D eigenvalue weighted by molar-refractivity contribution is 7.89. The van der Waals surface area contributed by atoms with Crippen LogP contribution in [-0.4, -0.2) is 55.2 Å². The molecular formula is C19H30ClN3O3S. The van der Waals surface area contributed by atoms with Crippen molar-refractivity contribution in [2.24, 2.45) is 11.7 Å². The van der Waals surface area contributed by atoms with Crippen molar-refractivity contribution in [3.63, 3.8) is 0 Å². The largest absolute Gasteiger partial charge is 0.341 e. The van der Waals surface area contributed by atoms with Crippen molar-refractivity contribution >= 4 is 28.3 Å². The molecule has 0 bridgehead atoms. The van der Waals surface area contributed by atoms with Crippen molar-refractivity contribution < 1.29 is 13.2 Å². The quantitative estimate of drug-likeness (QED) is 0.817. The fourth-order valence-corrected chi connectivity index (χ4v) is 5.69. The van der Waals surface area contributed by atoms with Gasteiger partial charge in [0.15, 0.2) is 0 Å². The SMILES string of the molecule is CC(N)C1CCCN(C(=O)C2CCCCN2S(=O)(=O)c2ccccc2)C1.Cl. The molecule has 2 aliphatic rings. The third kappa shape index (κ3) is 4.83. The number of hydrogen-bond donors (Lipinski definition) is 1. The summed E-state index contributed by atoms with van der Waals surface area (Å²) in [5.74, 6) is 0.227. The first-order valence-corrected chi connectivity index (χ1v) is 11.0. The number of likely N-dealkylation sites (tertiary alicyclic amines) is 1. The van der Waals surface area contributed by atoms with Gasteiger partial charge in [-0.3, -0.25) is 4.79 Å². The number of benzene rings is 1. The summed E-state index contributed by atoms with van der Waals surface area (Å²) in [6, 6.07) is 7.86. The van der Waals surface area contributed by atoms with Crippen LogP contribution in [0.5, 0.6) is 0 Å². The van der Waals surface area contributed by atoms with Gasteiger partial charge in [-0.25, -0.2) is 8.42 Å². The fourth-order valence-electron chi connectivity index (χ4n) is 4.02. The lowest BCUT2D eigenvalue weighted by atomic mass is 9.91. The van der Waals surface area contributed by atoms with Gasteiger partial charge in [0, 0.05) is 25.7 Å². The highest BCUT2D eigenvalue weighted by atomic mass is 35.5. The average molecular weight is 416 g/mol. The Morgan fingerprint density at radius 3 is 2.48 bits per heavy atom. The Bertz CT molecular complexity index is 727. The van der Waals surface area contributed by atoms with E-state index in [4.69, 9.17) is 5.73 Å². The molecule has 2 saturated heterocycles. The summed E-state index contributed by atoms with van der Waals surface area (Å²) in [7, 11) is -3.66. The molecule has 2 N–H and O–H groups in total. The first-order chi connectivity index (χ1) is 12.4. The number of rotatable bonds is 4. The van der Waals surface area contributed by atoms with Crippen LogP contribution in [-0.2, 0) is 14.8 Å². The van der Waals surface area contributed by atoms with E-state index in [0.29, 0.717) is 26.1 Å². The van der Waals surface area contributed by atoms with Crippen LogP contribution in [0.4, 0.5) is 0 Å². The van der Waals surface area contributed by atoms with Crippen molar-refractivity contribution in [3.8, 4) is 0 Å². The molecule has 0 saturated carbocycles. The predicted octanol–water partition coefficient (Wildman–Crippen LogP) is 2.24. The van der Waals surface area contributed by atoms with Gasteiger partial charge in [0.25, 0.3) is 0 Å². The lowest BCUT2D eigenvalue weighted by Crippen LogP contribution is -2.55. The van der Waals surface area contributed by atoms with Crippen LogP contribution in [0.25, 0.3) is 0 Å². The summed E-state index contributed by atoms with van der Waals surface area (Å²) in [6.07, 6.45) is 4.21. The Morgan fingerprint density at radius 2 is 1.81 bits per heavy atom. The van der Waals surface area contributed by atoms with Crippen LogP contribution in [0.15, 0.2) is 35.2 Å². The summed E-state index contributed by atoms with van der Waals surface area (Å²) in [4.78, 5) is 15.3. The monoisotopic (exact) mass is 415 g/mol. The Kier molecular flexibility index (Phi) is 7.68. The molecule has 1 amide bonds. The van der Waals surface area contributed by atoms with Gasteiger partial charge in [0.05, 0.1) is 4.90 Å². The van der Waals surface area contributed by atoms with Gasteiger partial charge in [-0.15, -0.1) is 12.4 Å². The van der Waals surface area contributed by atoms with Crippen LogP contribution in [0.1, 0.15) is 39.0 Å². The van der Waals surface area contributed by atoms with Crippen molar-refractivity contribution in [2.45, 2.75) is 56.0 Å². The van der Waals surface area contributed by atoms with Crippen LogP contribution in [0.2, 0.25) is 0 Å². The molecule has 152 valence electrons. The number of nitrogens with zero attached hydrogens (tertiary/aromatic N) is 2. The van der Waals surface area contributed by atoms with E-state index < -0.39 is 16.1 Å². The van der Waals surface area contributed by atoms with E-state index in [0.717, 1.165) is 25.7 Å². The maximum absolute atomic E-state index is 13.2. The zero-order valence-electron chi connectivity index (χ0n) is 15.8. The third-order valence-electron chi connectivity index (χ3n) is 5.60. The molecule has 6 nitrogen and oxygen atoms in total. The van der Waals surface area contributed by atoms with E-state index >= 15 is 0 Å². The Hall–Kier alpha value is -1.15. The number of carbonyl (C=O) groups excluding carboxylic acids is 1. The topological polar surface area (TPSA) is 83.7 Å². The van der Waals surface area contributed by atoms with Crippen molar-refractivity contribution in [1.82, 2.24) is 9.21 Å². The molecule has 0 aromatic heterocycles. The van der Waals surface area contributed by atoms with Crippen LogP contribution in [0, 0.1) is 5.92 Å². The minimum Gasteiger partial charge on any atom is -0.341 e. The summed E-state index contributed by atoms with van der Waals surface area (Å²) < 4.78 is 27.6. The van der Waals surface area contributed by atoms with Gasteiger partial charge in [0.2, 0.25) is 15.9 Å². The number of amides is 1. The molecule has 3 unspecified atom stereocenters. The van der Waals surface area contributed by atoms with Gasteiger partial charge in [-0.1, -0.05) is 24.6 Å². The first kappa shape index (κ1) is 22.1. The van der Waals surface area contributed by atoms with Crippen LogP contribution < -0.4 is 5.73 Å². The number of carbonyl (C=O) groups is 1. The molecule has 0 radical (unpaired) electrons. The molecule has 27 heavy (non-hydrogen) atoms. The smallest absolute Gasteiger partial charge is 0.243 e. The maximum atomic E-state index is 13.2. The summed E-state index contributed by atoms with van der Waals surface area (Å²) in [6.45, 7) is 3.70. The normalized spacial score (nSPS) is 25.5. The van der Waals surface area contributed by atoms with E-state index in [1.807, 2.05) is 11.8 Å². The molecule has 2 aliphatic heterocycles. The molecule has 0 aliphatic carbocycles. The number of hydrogen-bond acceptors (Lipinski definition) is 4. The Balaban J connectivity index is 0.00000261. The first-order valence-electron chi connectivity index (χ1n) is 9.52. The summed E-state index contributed by atoms with van der Waals surface area (Å²) >= 11 is 0. The fraction of sp³-hybridized carbons (Fsp3) is 0.632. The second kappa shape index (κ2) is 9.37. The molecule has 3 atom stereocenters. The molecule has 2 fully saturated rings. The zero-order chi connectivity index (χ0) is 18.7. The molecule has 2 heterocycles. The van der Waals surface area contributed by atoms with E-state index in [2.05, 4.69) is 0 Å².